The van der Waals surface area contributed by atoms with Crippen molar-refractivity contribution in [1.29, 1.82) is 0 Å². The van der Waals surface area contributed by atoms with Crippen LogP contribution in [0.25, 0.3) is 10.8 Å². The van der Waals surface area contributed by atoms with Gasteiger partial charge in [0.15, 0.2) is 0 Å². The monoisotopic (exact) mass is 259 g/mol. The fourth-order valence-electron chi connectivity index (χ4n) is 2.56. The highest BCUT2D eigenvalue weighted by atomic mass is 19.1. The van der Waals surface area contributed by atoms with E-state index in [9.17, 15) is 4.39 Å². The first-order valence-corrected chi connectivity index (χ1v) is 7.16. The highest BCUT2D eigenvalue weighted by Crippen LogP contribution is 2.27. The molecule has 1 unspecified atom stereocenters. The molecule has 0 radical (unpaired) electrons. The van der Waals surface area contributed by atoms with E-state index in [2.05, 4.69) is 6.92 Å². The van der Waals surface area contributed by atoms with E-state index in [-0.39, 0.29) is 11.9 Å². The summed E-state index contributed by atoms with van der Waals surface area (Å²) in [5.41, 5.74) is 7.33. The van der Waals surface area contributed by atoms with Gasteiger partial charge in [0.25, 0.3) is 0 Å². The fraction of sp³-hybridized carbons (Fsp3) is 0.412. The van der Waals surface area contributed by atoms with Crippen LogP contribution in [0.5, 0.6) is 0 Å². The maximum absolute atomic E-state index is 13.7. The molecule has 2 aromatic rings. The van der Waals surface area contributed by atoms with Gasteiger partial charge in [-0.15, -0.1) is 0 Å². The summed E-state index contributed by atoms with van der Waals surface area (Å²) in [5.74, 6) is -0.169. The number of hydrogen-bond donors (Lipinski definition) is 1. The molecule has 2 aromatic carbocycles. The van der Waals surface area contributed by atoms with Crippen molar-refractivity contribution in [2.75, 3.05) is 0 Å². The number of unbranched alkanes of at least 4 members (excludes halogenated alkanes) is 3. The molecule has 0 fully saturated rings. The Labute approximate surface area is 114 Å². The van der Waals surface area contributed by atoms with Crippen molar-refractivity contribution in [3.05, 3.63) is 47.8 Å². The Kier molecular flexibility index (Phi) is 4.92. The molecule has 2 N–H and O–H groups in total. The SMILES string of the molecule is CCCCCCC(N)c1ccc(F)c2ccccc12. The molecule has 0 aliphatic rings. The van der Waals surface area contributed by atoms with Crippen molar-refractivity contribution >= 4 is 10.8 Å². The highest BCUT2D eigenvalue weighted by molar-refractivity contribution is 5.86. The molecule has 0 aliphatic carbocycles. The Bertz CT molecular complexity index is 536. The molecular weight excluding hydrogens is 237 g/mol. The van der Waals surface area contributed by atoms with Crippen LogP contribution in [0, 0.1) is 5.82 Å². The first-order chi connectivity index (χ1) is 9.24. The molecule has 19 heavy (non-hydrogen) atoms. The van der Waals surface area contributed by atoms with Crippen molar-refractivity contribution in [3.8, 4) is 0 Å². The molecule has 2 rings (SSSR count). The third-order valence-corrected chi connectivity index (χ3v) is 3.67. The number of hydrogen-bond acceptors (Lipinski definition) is 1. The Balaban J connectivity index is 2.18. The maximum Gasteiger partial charge on any atom is 0.131 e. The molecule has 1 atom stereocenters. The predicted molar refractivity (Wildman–Crippen MR) is 79.6 cm³/mol. The third-order valence-electron chi connectivity index (χ3n) is 3.67. The van der Waals surface area contributed by atoms with Gasteiger partial charge < -0.3 is 5.73 Å². The molecular formula is C17H22FN. The number of halogens is 1. The van der Waals surface area contributed by atoms with Gasteiger partial charge in [-0.2, -0.15) is 0 Å². The number of fused-ring (bicyclic) bond motifs is 1. The lowest BCUT2D eigenvalue weighted by Gasteiger charge is -2.15. The van der Waals surface area contributed by atoms with Crippen molar-refractivity contribution < 1.29 is 4.39 Å². The van der Waals surface area contributed by atoms with E-state index >= 15 is 0 Å². The predicted octanol–water partition coefficient (Wildman–Crippen LogP) is 4.95. The van der Waals surface area contributed by atoms with Gasteiger partial charge in [-0.25, -0.2) is 4.39 Å². The molecule has 0 amide bonds. The minimum atomic E-state index is -0.169. The average molecular weight is 259 g/mol. The van der Waals surface area contributed by atoms with Crippen molar-refractivity contribution in [2.24, 2.45) is 5.73 Å². The van der Waals surface area contributed by atoms with Crippen LogP contribution < -0.4 is 5.73 Å². The number of nitrogens with two attached hydrogens (primary N) is 1. The third kappa shape index (κ3) is 3.32. The molecule has 0 spiro atoms. The smallest absolute Gasteiger partial charge is 0.131 e. The molecule has 2 heteroatoms. The van der Waals surface area contributed by atoms with E-state index in [0.717, 1.165) is 23.8 Å². The second-order valence-corrected chi connectivity index (χ2v) is 5.14. The minimum absolute atomic E-state index is 0.00218. The van der Waals surface area contributed by atoms with Crippen LogP contribution in [0.1, 0.15) is 50.6 Å². The molecule has 0 aromatic heterocycles. The summed E-state index contributed by atoms with van der Waals surface area (Å²) in [5, 5.41) is 1.62. The van der Waals surface area contributed by atoms with Crippen LogP contribution >= 0.6 is 0 Å². The van der Waals surface area contributed by atoms with E-state index in [4.69, 9.17) is 5.73 Å². The van der Waals surface area contributed by atoms with Crippen LogP contribution in [-0.4, -0.2) is 0 Å². The second-order valence-electron chi connectivity index (χ2n) is 5.14. The average Bonchev–Trinajstić information content (AvgIpc) is 2.44. The van der Waals surface area contributed by atoms with E-state index in [1.54, 1.807) is 0 Å². The summed E-state index contributed by atoms with van der Waals surface area (Å²) in [6.45, 7) is 2.20. The van der Waals surface area contributed by atoms with Gasteiger partial charge in [-0.05, 0) is 23.4 Å². The fourth-order valence-corrected chi connectivity index (χ4v) is 2.56. The summed E-state index contributed by atoms with van der Waals surface area (Å²) < 4.78 is 13.7. The summed E-state index contributed by atoms with van der Waals surface area (Å²) in [7, 11) is 0. The van der Waals surface area contributed by atoms with Crippen molar-refractivity contribution in [3.63, 3.8) is 0 Å². The van der Waals surface area contributed by atoms with Crippen LogP contribution in [0.4, 0.5) is 4.39 Å². The largest absolute Gasteiger partial charge is 0.324 e. The molecule has 102 valence electrons. The topological polar surface area (TPSA) is 26.0 Å². The minimum Gasteiger partial charge on any atom is -0.324 e. The van der Waals surface area contributed by atoms with Crippen LogP contribution in [0.3, 0.4) is 0 Å². The quantitative estimate of drug-likeness (QED) is 0.730. The van der Waals surface area contributed by atoms with Gasteiger partial charge in [0, 0.05) is 11.4 Å². The first kappa shape index (κ1) is 14.0. The first-order valence-electron chi connectivity index (χ1n) is 7.16. The summed E-state index contributed by atoms with van der Waals surface area (Å²) in [4.78, 5) is 0. The van der Waals surface area contributed by atoms with Gasteiger partial charge in [-0.3, -0.25) is 0 Å². The van der Waals surface area contributed by atoms with Gasteiger partial charge in [0.2, 0.25) is 0 Å². The lowest BCUT2D eigenvalue weighted by atomic mass is 9.95. The van der Waals surface area contributed by atoms with Gasteiger partial charge in [0.1, 0.15) is 5.82 Å². The van der Waals surface area contributed by atoms with E-state index in [1.165, 1.54) is 25.3 Å². The summed E-state index contributed by atoms with van der Waals surface area (Å²) in [6.07, 6.45) is 5.82. The summed E-state index contributed by atoms with van der Waals surface area (Å²) in [6, 6.07) is 10.9. The number of rotatable bonds is 6. The van der Waals surface area contributed by atoms with E-state index in [0.29, 0.717) is 5.39 Å². The van der Waals surface area contributed by atoms with E-state index < -0.39 is 0 Å². The standard InChI is InChI=1S/C17H22FN/c1-2-3-4-5-10-17(19)15-11-12-16(18)14-9-7-6-8-13(14)15/h6-9,11-12,17H,2-5,10,19H2,1H3. The Hall–Kier alpha value is -1.41. The molecule has 0 aliphatic heterocycles. The summed E-state index contributed by atoms with van der Waals surface area (Å²) >= 11 is 0. The van der Waals surface area contributed by atoms with Gasteiger partial charge in [-0.1, -0.05) is 62.9 Å². The highest BCUT2D eigenvalue weighted by Gasteiger charge is 2.11. The molecule has 0 saturated carbocycles. The molecule has 1 nitrogen and oxygen atoms in total. The lowest BCUT2D eigenvalue weighted by Crippen LogP contribution is -2.11. The van der Waals surface area contributed by atoms with E-state index in [1.807, 2.05) is 30.3 Å². The Morgan fingerprint density at radius 3 is 2.47 bits per heavy atom. The zero-order chi connectivity index (χ0) is 13.7. The zero-order valence-electron chi connectivity index (χ0n) is 11.5. The van der Waals surface area contributed by atoms with Crippen LogP contribution in [0.2, 0.25) is 0 Å². The zero-order valence-corrected chi connectivity index (χ0v) is 11.5. The van der Waals surface area contributed by atoms with Gasteiger partial charge >= 0.3 is 0 Å². The van der Waals surface area contributed by atoms with Crippen molar-refractivity contribution in [1.82, 2.24) is 0 Å². The lowest BCUT2D eigenvalue weighted by molar-refractivity contribution is 0.567. The Morgan fingerprint density at radius 1 is 1.00 bits per heavy atom. The van der Waals surface area contributed by atoms with Crippen LogP contribution in [-0.2, 0) is 0 Å². The van der Waals surface area contributed by atoms with Crippen molar-refractivity contribution in [2.45, 2.75) is 45.1 Å². The molecule has 0 bridgehead atoms. The van der Waals surface area contributed by atoms with Crippen LogP contribution in [0.15, 0.2) is 36.4 Å². The second kappa shape index (κ2) is 6.67. The molecule has 0 heterocycles. The Morgan fingerprint density at radius 2 is 1.74 bits per heavy atom. The number of benzene rings is 2. The molecule has 0 saturated heterocycles. The maximum atomic E-state index is 13.7. The van der Waals surface area contributed by atoms with Gasteiger partial charge in [0.05, 0.1) is 0 Å². The normalized spacial score (nSPS) is 12.8.